The number of pyridine rings is 2. The summed E-state index contributed by atoms with van der Waals surface area (Å²) < 4.78 is 7.22. The van der Waals surface area contributed by atoms with E-state index in [0.29, 0.717) is 17.0 Å². The van der Waals surface area contributed by atoms with E-state index in [0.717, 1.165) is 28.2 Å². The van der Waals surface area contributed by atoms with Crippen molar-refractivity contribution in [2.45, 2.75) is 26.2 Å². The van der Waals surface area contributed by atoms with Crippen LogP contribution in [0.1, 0.15) is 31.9 Å². The Bertz CT molecular complexity index is 1080. The number of methoxy groups -OCH3 is 1. The molecule has 3 heterocycles. The van der Waals surface area contributed by atoms with E-state index in [1.807, 2.05) is 25.1 Å². The summed E-state index contributed by atoms with van der Waals surface area (Å²) >= 11 is 0. The first-order valence-corrected chi connectivity index (χ1v) is 7.75. The highest BCUT2D eigenvalue weighted by Gasteiger charge is 2.20. The van der Waals surface area contributed by atoms with Crippen LogP contribution >= 0.6 is 0 Å². The Hall–Kier alpha value is -2.69. The van der Waals surface area contributed by atoms with Gasteiger partial charge in [-0.15, -0.1) is 0 Å². The lowest BCUT2D eigenvalue weighted by atomic mass is 10.0. The first kappa shape index (κ1) is 13.9. The monoisotopic (exact) mass is 307 g/mol. The molecule has 0 aliphatic heterocycles. The predicted octanol–water partition coefficient (Wildman–Crippen LogP) is 3.36. The van der Waals surface area contributed by atoms with E-state index in [2.05, 4.69) is 16.9 Å². The van der Waals surface area contributed by atoms with Crippen LogP contribution in [0.2, 0.25) is 0 Å². The summed E-state index contributed by atoms with van der Waals surface area (Å²) in [5.74, 6) is 0.776. The van der Waals surface area contributed by atoms with Gasteiger partial charge in [-0.3, -0.25) is 14.2 Å². The van der Waals surface area contributed by atoms with Crippen molar-refractivity contribution in [1.29, 1.82) is 0 Å². The third kappa shape index (κ3) is 1.82. The highest BCUT2D eigenvalue weighted by atomic mass is 16.5. The van der Waals surface area contributed by atoms with Gasteiger partial charge in [0.05, 0.1) is 18.1 Å². The first-order valence-electron chi connectivity index (χ1n) is 7.75. The lowest BCUT2D eigenvalue weighted by molar-refractivity contribution is 0.419. The van der Waals surface area contributed by atoms with Crippen molar-refractivity contribution in [1.82, 2.24) is 14.4 Å². The summed E-state index contributed by atoms with van der Waals surface area (Å²) in [7, 11) is 1.63. The van der Waals surface area contributed by atoms with E-state index < -0.39 is 0 Å². The van der Waals surface area contributed by atoms with Crippen molar-refractivity contribution < 1.29 is 4.74 Å². The van der Waals surface area contributed by atoms with Gasteiger partial charge in [-0.1, -0.05) is 13.8 Å². The fourth-order valence-corrected chi connectivity index (χ4v) is 3.14. The average Bonchev–Trinajstić information content (AvgIpc) is 2.59. The molecule has 5 heteroatoms. The van der Waals surface area contributed by atoms with Gasteiger partial charge in [-0.05, 0) is 30.0 Å². The molecule has 0 amide bonds. The topological polar surface area (TPSA) is 56.5 Å². The Balaban J connectivity index is 2.31. The molecular formula is C18H17N3O2. The van der Waals surface area contributed by atoms with Crippen LogP contribution in [0.15, 0.2) is 35.4 Å². The van der Waals surface area contributed by atoms with Gasteiger partial charge in [0.2, 0.25) is 0 Å². The molecule has 1 aromatic carbocycles. The molecule has 0 bridgehead atoms. The first-order chi connectivity index (χ1) is 11.2. The molecular weight excluding hydrogens is 290 g/mol. The Morgan fingerprint density at radius 2 is 2.17 bits per heavy atom. The summed E-state index contributed by atoms with van der Waals surface area (Å²) in [4.78, 5) is 22.0. The SMILES string of the molecule is CCC(C)c1nc2c(OC)cc3ccnc4ccn(c1=O)c2c34. The Kier molecular flexibility index (Phi) is 2.98. The van der Waals surface area contributed by atoms with Crippen molar-refractivity contribution in [3.05, 3.63) is 46.6 Å². The van der Waals surface area contributed by atoms with Crippen LogP contribution in [-0.2, 0) is 0 Å². The molecule has 0 fully saturated rings. The summed E-state index contributed by atoms with van der Waals surface area (Å²) in [6.07, 6.45) is 4.41. The maximum atomic E-state index is 12.9. The predicted molar refractivity (Wildman–Crippen MR) is 90.7 cm³/mol. The maximum Gasteiger partial charge on any atom is 0.277 e. The number of ether oxygens (including phenoxy) is 1. The van der Waals surface area contributed by atoms with Crippen LogP contribution in [0.4, 0.5) is 0 Å². The van der Waals surface area contributed by atoms with Crippen molar-refractivity contribution in [3.8, 4) is 5.75 Å². The molecule has 0 radical (unpaired) electrons. The van der Waals surface area contributed by atoms with Crippen molar-refractivity contribution >= 4 is 27.3 Å². The van der Waals surface area contributed by atoms with Gasteiger partial charge in [0, 0.05) is 23.7 Å². The van der Waals surface area contributed by atoms with Gasteiger partial charge in [0.25, 0.3) is 5.56 Å². The Morgan fingerprint density at radius 3 is 2.91 bits per heavy atom. The zero-order chi connectivity index (χ0) is 16.1. The van der Waals surface area contributed by atoms with Gasteiger partial charge in [0.1, 0.15) is 17.0 Å². The summed E-state index contributed by atoms with van der Waals surface area (Å²) in [6, 6.07) is 5.77. The van der Waals surface area contributed by atoms with Crippen LogP contribution in [0.5, 0.6) is 5.75 Å². The van der Waals surface area contributed by atoms with E-state index in [-0.39, 0.29) is 11.5 Å². The van der Waals surface area contributed by atoms with Gasteiger partial charge >= 0.3 is 0 Å². The Labute approximate surface area is 132 Å². The van der Waals surface area contributed by atoms with Gasteiger partial charge in [-0.2, -0.15) is 0 Å². The third-order valence-electron chi connectivity index (χ3n) is 4.59. The molecule has 0 aliphatic carbocycles. The highest BCUT2D eigenvalue weighted by Crippen LogP contribution is 2.34. The molecule has 0 spiro atoms. The largest absolute Gasteiger partial charge is 0.494 e. The molecule has 4 aromatic rings. The van der Waals surface area contributed by atoms with Crippen LogP contribution in [0.25, 0.3) is 27.3 Å². The number of benzene rings is 1. The minimum absolute atomic E-state index is 0.0628. The second-order valence-electron chi connectivity index (χ2n) is 5.87. The molecule has 1 atom stereocenters. The van der Waals surface area contributed by atoms with Crippen LogP contribution < -0.4 is 10.3 Å². The maximum absolute atomic E-state index is 12.9. The normalized spacial score (nSPS) is 13.2. The van der Waals surface area contributed by atoms with E-state index in [1.165, 1.54) is 0 Å². The van der Waals surface area contributed by atoms with Crippen molar-refractivity contribution in [3.63, 3.8) is 0 Å². The van der Waals surface area contributed by atoms with Gasteiger partial charge in [-0.25, -0.2) is 4.98 Å². The average molecular weight is 307 g/mol. The summed E-state index contributed by atoms with van der Waals surface area (Å²) in [6.45, 7) is 4.08. The lowest BCUT2D eigenvalue weighted by Crippen LogP contribution is -2.22. The molecule has 0 saturated carbocycles. The van der Waals surface area contributed by atoms with Gasteiger partial charge < -0.3 is 4.74 Å². The van der Waals surface area contributed by atoms with Crippen molar-refractivity contribution in [2.75, 3.05) is 7.11 Å². The van der Waals surface area contributed by atoms with E-state index >= 15 is 0 Å². The number of rotatable bonds is 3. The molecule has 116 valence electrons. The standard InChI is InChI=1S/C18H17N3O2/c1-4-10(2)15-18(22)21-8-6-12-14-11(5-7-19-12)9-13(23-3)16(20-15)17(14)21/h5-10H,4H2,1-3H3. The number of hydrogen-bond acceptors (Lipinski definition) is 4. The molecule has 0 aliphatic rings. The lowest BCUT2D eigenvalue weighted by Gasteiger charge is -2.16. The number of aromatic nitrogens is 3. The minimum Gasteiger partial charge on any atom is -0.494 e. The second kappa shape index (κ2) is 4.91. The smallest absolute Gasteiger partial charge is 0.277 e. The van der Waals surface area contributed by atoms with Crippen LogP contribution in [-0.4, -0.2) is 21.5 Å². The molecule has 4 rings (SSSR count). The zero-order valence-corrected chi connectivity index (χ0v) is 13.3. The summed E-state index contributed by atoms with van der Waals surface area (Å²) in [5.41, 5.74) is 2.87. The minimum atomic E-state index is -0.0628. The molecule has 3 aromatic heterocycles. The van der Waals surface area contributed by atoms with Crippen LogP contribution in [0, 0.1) is 0 Å². The third-order valence-corrected chi connectivity index (χ3v) is 4.59. The quantitative estimate of drug-likeness (QED) is 0.545. The fraction of sp³-hybridized carbons (Fsp3) is 0.278. The van der Waals surface area contributed by atoms with E-state index in [1.54, 1.807) is 23.9 Å². The molecule has 1 unspecified atom stereocenters. The van der Waals surface area contributed by atoms with Crippen LogP contribution in [0.3, 0.4) is 0 Å². The second-order valence-corrected chi connectivity index (χ2v) is 5.87. The number of hydrogen-bond donors (Lipinski definition) is 0. The molecule has 0 N–H and O–H groups in total. The number of nitrogens with zero attached hydrogens (tertiary/aromatic N) is 3. The Morgan fingerprint density at radius 1 is 1.35 bits per heavy atom. The molecule has 0 saturated heterocycles. The van der Waals surface area contributed by atoms with Crippen molar-refractivity contribution in [2.24, 2.45) is 0 Å². The molecule has 23 heavy (non-hydrogen) atoms. The molecule has 5 nitrogen and oxygen atoms in total. The van der Waals surface area contributed by atoms with E-state index in [9.17, 15) is 4.79 Å². The zero-order valence-electron chi connectivity index (χ0n) is 13.3. The van der Waals surface area contributed by atoms with Gasteiger partial charge in [0.15, 0.2) is 0 Å². The fourth-order valence-electron chi connectivity index (χ4n) is 3.14. The highest BCUT2D eigenvalue weighted by molar-refractivity contribution is 6.14. The summed E-state index contributed by atoms with van der Waals surface area (Å²) in [5, 5.41) is 1.95. The van der Waals surface area contributed by atoms with E-state index in [4.69, 9.17) is 4.74 Å².